The van der Waals surface area contributed by atoms with Crippen molar-refractivity contribution < 1.29 is 102 Å². The maximum absolute atomic E-state index is 14.7. The molecule has 42 heteroatoms. The van der Waals surface area contributed by atoms with Gasteiger partial charge in [0.1, 0.15) is 81.8 Å². The van der Waals surface area contributed by atoms with E-state index in [1.165, 1.54) is 89.1 Å². The standard InChI is InChI=1S/2C18H21F2N3O4S.C18H23F2N3O2S.C18H22F2N2O2S.C18H23FN2O3S/c2*1-17(2,3)27-16(24)21-15-22-18(8-11(19)6-10(18)9-28-15)13-7-12(23(25)26)4-5-14(13)20;1-17(2,3)25-16(24)22-15-23-18(8-11(19)6-10(18)9-26-15)13-7-12(21)4-5-14(13)20;1-17(2,3)24-16(23)21-15-22-18(13-6-4-5-7-14(13)20)9-12(19)8-11(18)10-25-15;1-17(2,3)24-16(23)20-15-21-18(13-6-4-5-7-14(13)19)9-12(22)8-11(18)10-25-15/h2*4-5,7,10-11H,6,8-9H2,1-3H3,(H,21,22,24);4-5,7,10-11H,6,8-9,21H2,1-3H3,(H,22,23,24);4-7,11-12H,8-10H2,1-3H3,(H,21,22,23);4-7,11-12,22H,8-10H2,1-3H3,(H,20,21,23)/t3*10-,11+,18-;11-,12+,18-;11-,12-,18-/m00000/s1. The summed E-state index contributed by atoms with van der Waals surface area (Å²) in [5.41, 5.74) is -2.05. The molecule has 28 nitrogen and oxygen atoms in total. The number of halogens is 9. The molecular formula is C90H110F9N13O15S5. The number of nitrogen functional groups attached to an aromatic ring is 1. The third kappa shape index (κ3) is 25.5. The Hall–Kier alpha value is -9.52. The zero-order chi connectivity index (χ0) is 97.0. The summed E-state index contributed by atoms with van der Waals surface area (Å²) < 4.78 is 156. The number of amides is 5. The number of nitro groups is 2. The van der Waals surface area contributed by atoms with Crippen molar-refractivity contribution in [3.05, 3.63) is 180 Å². The Morgan fingerprint density at radius 3 is 0.848 bits per heavy atom. The molecule has 5 aromatic carbocycles. The molecule has 0 bridgehead atoms. The average Bonchev–Trinajstić information content (AvgIpc) is 1.58. The molecule has 0 spiro atoms. The highest BCUT2D eigenvalue weighted by Crippen LogP contribution is 2.58. The summed E-state index contributed by atoms with van der Waals surface area (Å²) in [5, 5.41) is 46.9. The van der Waals surface area contributed by atoms with Gasteiger partial charge in [-0.25, -0.2) is 63.5 Å². The first-order valence-electron chi connectivity index (χ1n) is 42.8. The number of hydrogen-bond acceptors (Lipinski definition) is 26. The number of ether oxygens (including phenoxy) is 5. The minimum absolute atomic E-state index is 0.0179. The van der Waals surface area contributed by atoms with Crippen LogP contribution in [0.15, 0.2) is 128 Å². The molecule has 5 aliphatic carbocycles. The number of aliphatic hydroxyl groups excluding tert-OH is 1. The number of thioether (sulfide) groups is 5. The number of amidine groups is 5. The van der Waals surface area contributed by atoms with Crippen LogP contribution in [0.3, 0.4) is 0 Å². The summed E-state index contributed by atoms with van der Waals surface area (Å²) in [7, 11) is 0. The van der Waals surface area contributed by atoms with Crippen LogP contribution in [0.4, 0.5) is 80.5 Å². The van der Waals surface area contributed by atoms with Crippen molar-refractivity contribution in [2.24, 2.45) is 54.6 Å². The highest BCUT2D eigenvalue weighted by atomic mass is 32.2. The molecule has 5 saturated carbocycles. The molecule has 10 aliphatic rings. The van der Waals surface area contributed by atoms with Crippen LogP contribution in [0, 0.1) is 78.9 Å². The van der Waals surface area contributed by atoms with Crippen molar-refractivity contribution in [1.82, 2.24) is 26.6 Å². The lowest BCUT2D eigenvalue weighted by molar-refractivity contribution is -0.385. The predicted molar refractivity (Wildman–Crippen MR) is 494 cm³/mol. The van der Waals surface area contributed by atoms with Gasteiger partial charge in [-0.15, -0.1) is 0 Å². The van der Waals surface area contributed by atoms with Crippen LogP contribution in [0.1, 0.15) is 196 Å². The number of benzene rings is 5. The Morgan fingerprint density at radius 1 is 0.364 bits per heavy atom. The fourth-order valence-electron chi connectivity index (χ4n) is 17.8. The third-order valence-corrected chi connectivity index (χ3v) is 28.0. The number of carbonyl (C=O) groups excluding carboxylic acids is 5. The van der Waals surface area contributed by atoms with Crippen molar-refractivity contribution in [3.8, 4) is 0 Å². The molecule has 0 radical (unpaired) electrons. The Balaban J connectivity index is 0.000000159. The molecule has 0 saturated heterocycles. The normalized spacial score (nSPS) is 28.0. The van der Waals surface area contributed by atoms with E-state index in [-0.39, 0.29) is 112 Å². The quantitative estimate of drug-likeness (QED) is 0.0262. The van der Waals surface area contributed by atoms with Gasteiger partial charge < -0.3 is 34.5 Å². The number of rotatable bonds is 7. The van der Waals surface area contributed by atoms with Crippen LogP contribution in [0.5, 0.6) is 0 Å². The van der Waals surface area contributed by atoms with Crippen LogP contribution >= 0.6 is 58.8 Å². The maximum Gasteiger partial charge on any atom is 0.413 e. The van der Waals surface area contributed by atoms with Crippen LogP contribution in [0.2, 0.25) is 0 Å². The van der Waals surface area contributed by atoms with Gasteiger partial charge in [0.05, 0.1) is 43.6 Å². The molecule has 5 aliphatic heterocycles. The molecule has 5 amide bonds. The van der Waals surface area contributed by atoms with Crippen LogP contribution < -0.4 is 32.3 Å². The number of alkyl halides is 4. The van der Waals surface area contributed by atoms with Gasteiger partial charge in [0, 0.05) is 148 Å². The van der Waals surface area contributed by atoms with Gasteiger partial charge in [-0.1, -0.05) is 95.2 Å². The molecule has 15 rings (SSSR count). The summed E-state index contributed by atoms with van der Waals surface area (Å²) in [6.45, 7) is 26.2. The number of non-ortho nitro benzene ring substituents is 2. The monoisotopic (exact) mass is 1940 g/mol. The first kappa shape index (κ1) is 103. The minimum atomic E-state index is -1.30. The molecule has 5 aromatic rings. The zero-order valence-corrected chi connectivity index (χ0v) is 79.6. The largest absolute Gasteiger partial charge is 0.444 e. The number of hydrogen-bond donors (Lipinski definition) is 7. The summed E-state index contributed by atoms with van der Waals surface area (Å²) >= 11 is 6.50. The first-order valence-corrected chi connectivity index (χ1v) is 47.7. The van der Waals surface area contributed by atoms with Gasteiger partial charge in [0.25, 0.3) is 11.4 Å². The van der Waals surface area contributed by atoms with E-state index in [1.54, 1.807) is 140 Å². The van der Waals surface area contributed by atoms with Gasteiger partial charge in [-0.2, -0.15) is 0 Å². The topological polar surface area (TPSA) is 386 Å². The van der Waals surface area contributed by atoms with Gasteiger partial charge >= 0.3 is 30.5 Å². The van der Waals surface area contributed by atoms with E-state index >= 15 is 0 Å². The Morgan fingerprint density at radius 2 is 0.591 bits per heavy atom. The van der Waals surface area contributed by atoms with Gasteiger partial charge in [0.2, 0.25) is 0 Å². The highest BCUT2D eigenvalue weighted by molar-refractivity contribution is 8.15. The molecule has 15 atom stereocenters. The van der Waals surface area contributed by atoms with E-state index in [0.29, 0.717) is 86.8 Å². The lowest BCUT2D eigenvalue weighted by Crippen LogP contribution is -2.42. The lowest BCUT2D eigenvalue weighted by atomic mass is 9.81. The van der Waals surface area contributed by atoms with E-state index in [2.05, 4.69) is 46.6 Å². The number of alkyl carbamates (subject to hydrolysis) is 5. The molecule has 0 unspecified atom stereocenters. The van der Waals surface area contributed by atoms with E-state index in [0.717, 1.165) is 36.4 Å². The molecule has 8 N–H and O–H groups in total. The Labute approximate surface area is 780 Å². The first-order chi connectivity index (χ1) is 61.5. The molecule has 5 heterocycles. The van der Waals surface area contributed by atoms with Crippen LogP contribution in [-0.4, -0.2) is 159 Å². The van der Waals surface area contributed by atoms with Crippen molar-refractivity contribution in [1.29, 1.82) is 0 Å². The molecular weight excluding hydrogens is 1830 g/mol. The lowest BCUT2D eigenvalue weighted by Gasteiger charge is -2.36. The van der Waals surface area contributed by atoms with E-state index in [4.69, 9.17) is 34.4 Å². The number of aliphatic hydroxyl groups is 1. The van der Waals surface area contributed by atoms with Crippen LogP contribution in [-0.2, 0) is 51.4 Å². The number of anilines is 1. The van der Waals surface area contributed by atoms with Crippen LogP contribution in [0.25, 0.3) is 0 Å². The molecule has 132 heavy (non-hydrogen) atoms. The average molecular weight is 1950 g/mol. The second-order valence-corrected chi connectivity index (χ2v) is 43.7. The highest BCUT2D eigenvalue weighted by Gasteiger charge is 2.58. The number of nitrogens with one attached hydrogen (secondary N) is 5. The predicted octanol–water partition coefficient (Wildman–Crippen LogP) is 20.4. The fraction of sp³-hybridized carbons (Fsp3) is 0.556. The van der Waals surface area contributed by atoms with E-state index in [9.17, 15) is 88.8 Å². The second-order valence-electron chi connectivity index (χ2n) is 38.7. The second kappa shape index (κ2) is 41.0. The molecule has 5 fully saturated rings. The molecule has 0 aromatic heterocycles. The van der Waals surface area contributed by atoms with Gasteiger partial charge in [-0.05, 0) is 178 Å². The van der Waals surface area contributed by atoms with E-state index < -0.39 is 150 Å². The maximum atomic E-state index is 14.7. The number of nitro benzene ring substituents is 2. The smallest absolute Gasteiger partial charge is 0.413 e. The Kier molecular flexibility index (Phi) is 32.0. The number of carbonyl (C=O) groups is 5. The summed E-state index contributed by atoms with van der Waals surface area (Å²) in [6.07, 6.45) is -6.42. The number of nitrogens with zero attached hydrogens (tertiary/aromatic N) is 7. The third-order valence-electron chi connectivity index (χ3n) is 22.8. The van der Waals surface area contributed by atoms with Crippen molar-refractivity contribution in [2.75, 3.05) is 34.5 Å². The fourth-order valence-corrected chi connectivity index (χ4v) is 23.6. The van der Waals surface area contributed by atoms with Crippen molar-refractivity contribution >= 4 is 132 Å². The summed E-state index contributed by atoms with van der Waals surface area (Å²) in [4.78, 5) is 104. The number of aliphatic imine (C=N–C) groups is 5. The number of fused-ring (bicyclic) bond motifs is 5. The minimum Gasteiger partial charge on any atom is -0.444 e. The van der Waals surface area contributed by atoms with Gasteiger partial charge in [0.15, 0.2) is 25.8 Å². The number of nitrogens with two attached hydrogens (primary N) is 1. The summed E-state index contributed by atoms with van der Waals surface area (Å²) in [6, 6.07) is 23.5. The zero-order valence-electron chi connectivity index (χ0n) is 75.5. The van der Waals surface area contributed by atoms with Gasteiger partial charge in [-0.3, -0.25) is 71.8 Å². The molecule has 718 valence electrons. The van der Waals surface area contributed by atoms with Crippen molar-refractivity contribution in [2.45, 2.75) is 255 Å². The SMILES string of the molecule is CC(C)(C)OC(=O)NC1=N[C@@]2(c3cc(N)ccc3F)C[C@H](F)C[C@H]2CS1.CC(C)(C)OC(=O)NC1=N[C@@]2(c3cc([N+](=O)[O-])ccc3F)C[C@H](F)C[C@H]2CS1.CC(C)(C)OC(=O)NC1=N[C@@]2(c3cc([N+](=O)[O-])ccc3F)C[C@H](F)C[C@H]2CS1.CC(C)(C)OC(=O)NC1=N[C@@]2(c3ccccc3F)C[C@@H](O)C[C@H]2CS1.CC(C)(C)OC(=O)NC1=N[C@@]2(c3ccccc3F)C[C@H](F)C[C@H]2CS1. The summed E-state index contributed by atoms with van der Waals surface area (Å²) in [5.74, 6) is -0.935. The Bertz CT molecular complexity index is 5070. The van der Waals surface area contributed by atoms with Crippen molar-refractivity contribution in [3.63, 3.8) is 0 Å². The van der Waals surface area contributed by atoms with E-state index in [1.807, 2.05) is 0 Å².